The summed E-state index contributed by atoms with van der Waals surface area (Å²) in [6.07, 6.45) is 1.48. The number of Topliss-reactive ketones (excluding diaryl/α,β-unsaturated/α-hetero) is 1. The molecule has 19 heavy (non-hydrogen) atoms. The third-order valence-electron chi connectivity index (χ3n) is 2.41. The first-order chi connectivity index (χ1) is 9.13. The quantitative estimate of drug-likeness (QED) is 0.834. The third-order valence-corrected chi connectivity index (χ3v) is 3.33. The number of carbonyl (C=O) groups excluding carboxylic acids is 1. The second-order valence-electron chi connectivity index (χ2n) is 4.13. The lowest BCUT2D eigenvalue weighted by Crippen LogP contribution is -2.10. The molecule has 6 heteroatoms. The largest absolute Gasteiger partial charge is 0.299 e. The van der Waals surface area contributed by atoms with Crippen LogP contribution in [0.25, 0.3) is 0 Å². The zero-order valence-electron chi connectivity index (χ0n) is 10.4. The van der Waals surface area contributed by atoms with Gasteiger partial charge in [0, 0.05) is 6.42 Å². The SMILES string of the molecule is Cc1cccc(CC(=O)CSc2nncc(=O)[nH]2)c1. The van der Waals surface area contributed by atoms with Gasteiger partial charge in [0.05, 0.1) is 5.75 Å². The zero-order chi connectivity index (χ0) is 13.7. The van der Waals surface area contributed by atoms with Crippen molar-refractivity contribution in [3.05, 3.63) is 51.9 Å². The van der Waals surface area contributed by atoms with Crippen molar-refractivity contribution >= 4 is 17.5 Å². The maximum absolute atomic E-state index is 11.8. The summed E-state index contributed by atoms with van der Waals surface area (Å²) < 4.78 is 0. The van der Waals surface area contributed by atoms with E-state index in [1.165, 1.54) is 11.8 Å². The minimum Gasteiger partial charge on any atom is -0.299 e. The van der Waals surface area contributed by atoms with E-state index in [0.29, 0.717) is 11.6 Å². The van der Waals surface area contributed by atoms with Crippen molar-refractivity contribution in [2.45, 2.75) is 18.5 Å². The molecule has 1 aromatic heterocycles. The van der Waals surface area contributed by atoms with Crippen molar-refractivity contribution in [2.75, 3.05) is 5.75 Å². The third kappa shape index (κ3) is 4.33. The molecule has 0 bridgehead atoms. The monoisotopic (exact) mass is 275 g/mol. The first-order valence-electron chi connectivity index (χ1n) is 5.75. The smallest absolute Gasteiger partial charge is 0.270 e. The lowest BCUT2D eigenvalue weighted by atomic mass is 10.1. The molecule has 0 aliphatic carbocycles. The number of hydrogen-bond donors (Lipinski definition) is 1. The standard InChI is InChI=1S/C13H13N3O2S/c1-9-3-2-4-10(5-9)6-11(17)8-19-13-15-12(18)7-14-16-13/h2-5,7H,6,8H2,1H3,(H,15,16,18). The lowest BCUT2D eigenvalue weighted by molar-refractivity contribution is -0.116. The van der Waals surface area contributed by atoms with E-state index < -0.39 is 0 Å². The molecule has 1 heterocycles. The second kappa shape index (κ2) is 6.29. The van der Waals surface area contributed by atoms with Gasteiger partial charge in [-0.3, -0.25) is 14.6 Å². The van der Waals surface area contributed by atoms with Crippen LogP contribution in [0.15, 0.2) is 40.4 Å². The van der Waals surface area contributed by atoms with Crippen LogP contribution in [-0.4, -0.2) is 26.7 Å². The van der Waals surface area contributed by atoms with Crippen LogP contribution in [-0.2, 0) is 11.2 Å². The summed E-state index contributed by atoms with van der Waals surface area (Å²) in [4.78, 5) is 25.3. The summed E-state index contributed by atoms with van der Waals surface area (Å²) in [5.74, 6) is 0.352. The predicted molar refractivity (Wildman–Crippen MR) is 73.3 cm³/mol. The number of H-pyrrole nitrogens is 1. The summed E-state index contributed by atoms with van der Waals surface area (Å²) >= 11 is 1.19. The van der Waals surface area contributed by atoms with Gasteiger partial charge >= 0.3 is 0 Å². The number of rotatable bonds is 5. The molecule has 2 aromatic rings. The Kier molecular flexibility index (Phi) is 4.46. The van der Waals surface area contributed by atoms with Gasteiger partial charge in [-0.05, 0) is 12.5 Å². The maximum Gasteiger partial charge on any atom is 0.270 e. The highest BCUT2D eigenvalue weighted by Gasteiger charge is 2.06. The number of aryl methyl sites for hydroxylation is 1. The summed E-state index contributed by atoms with van der Waals surface area (Å²) in [6.45, 7) is 1.99. The zero-order valence-corrected chi connectivity index (χ0v) is 11.2. The highest BCUT2D eigenvalue weighted by molar-refractivity contribution is 7.99. The fourth-order valence-electron chi connectivity index (χ4n) is 1.61. The van der Waals surface area contributed by atoms with Crippen LogP contribution in [0, 0.1) is 6.92 Å². The summed E-state index contributed by atoms with van der Waals surface area (Å²) in [5, 5.41) is 7.64. The lowest BCUT2D eigenvalue weighted by Gasteiger charge is -2.02. The minimum absolute atomic E-state index is 0.0853. The number of thioether (sulfide) groups is 1. The topological polar surface area (TPSA) is 75.7 Å². The number of benzene rings is 1. The van der Waals surface area contributed by atoms with Crippen LogP contribution in [0.1, 0.15) is 11.1 Å². The fourth-order valence-corrected chi connectivity index (χ4v) is 2.29. The Morgan fingerprint density at radius 1 is 1.42 bits per heavy atom. The van der Waals surface area contributed by atoms with Gasteiger partial charge in [-0.15, -0.1) is 5.10 Å². The first-order valence-corrected chi connectivity index (χ1v) is 6.74. The summed E-state index contributed by atoms with van der Waals surface area (Å²) in [6, 6.07) is 7.85. The van der Waals surface area contributed by atoms with Crippen LogP contribution < -0.4 is 5.56 Å². The van der Waals surface area contributed by atoms with Crippen LogP contribution >= 0.6 is 11.8 Å². The molecule has 0 saturated heterocycles. The molecule has 0 aliphatic rings. The van der Waals surface area contributed by atoms with Gasteiger partial charge in [0.25, 0.3) is 5.56 Å². The molecular weight excluding hydrogens is 262 g/mol. The van der Waals surface area contributed by atoms with Gasteiger partial charge in [-0.2, -0.15) is 5.10 Å². The van der Waals surface area contributed by atoms with Crippen molar-refractivity contribution in [1.82, 2.24) is 15.2 Å². The first kappa shape index (κ1) is 13.5. The van der Waals surface area contributed by atoms with Gasteiger partial charge in [-0.25, -0.2) is 0 Å². The van der Waals surface area contributed by atoms with E-state index in [-0.39, 0.29) is 17.1 Å². The van der Waals surface area contributed by atoms with Crippen LogP contribution in [0.5, 0.6) is 0 Å². The number of hydrogen-bond acceptors (Lipinski definition) is 5. The van der Waals surface area contributed by atoms with Crippen molar-refractivity contribution < 1.29 is 4.79 Å². The van der Waals surface area contributed by atoms with Crippen LogP contribution in [0.4, 0.5) is 0 Å². The molecule has 0 radical (unpaired) electrons. The molecule has 1 aromatic carbocycles. The molecule has 5 nitrogen and oxygen atoms in total. The number of aromatic nitrogens is 3. The van der Waals surface area contributed by atoms with E-state index in [1.807, 2.05) is 31.2 Å². The highest BCUT2D eigenvalue weighted by Crippen LogP contribution is 2.12. The number of ketones is 1. The molecule has 0 spiro atoms. The molecule has 0 amide bonds. The van der Waals surface area contributed by atoms with Crippen molar-refractivity contribution in [3.63, 3.8) is 0 Å². The van der Waals surface area contributed by atoms with Crippen molar-refractivity contribution in [2.24, 2.45) is 0 Å². The molecule has 0 unspecified atom stereocenters. The van der Waals surface area contributed by atoms with E-state index in [2.05, 4.69) is 15.2 Å². The molecule has 0 saturated carbocycles. The molecule has 0 fully saturated rings. The van der Waals surface area contributed by atoms with Gasteiger partial charge in [-0.1, -0.05) is 41.6 Å². The van der Waals surface area contributed by atoms with Gasteiger partial charge in [0.1, 0.15) is 12.0 Å². The number of aromatic amines is 1. The molecule has 0 aliphatic heterocycles. The average Bonchev–Trinajstić information content (AvgIpc) is 2.36. The van der Waals surface area contributed by atoms with Crippen molar-refractivity contribution in [3.8, 4) is 0 Å². The second-order valence-corrected chi connectivity index (χ2v) is 5.10. The van der Waals surface area contributed by atoms with Crippen LogP contribution in [0.2, 0.25) is 0 Å². The molecular formula is C13H13N3O2S. The van der Waals surface area contributed by atoms with Crippen molar-refractivity contribution in [1.29, 1.82) is 0 Å². The normalized spacial score (nSPS) is 10.4. The average molecular weight is 275 g/mol. The van der Waals surface area contributed by atoms with E-state index in [4.69, 9.17) is 0 Å². The Hall–Kier alpha value is -1.95. The maximum atomic E-state index is 11.8. The Morgan fingerprint density at radius 2 is 2.26 bits per heavy atom. The number of nitrogens with zero attached hydrogens (tertiary/aromatic N) is 2. The van der Waals surface area contributed by atoms with E-state index in [9.17, 15) is 9.59 Å². The highest BCUT2D eigenvalue weighted by atomic mass is 32.2. The number of nitrogens with one attached hydrogen (secondary N) is 1. The van der Waals surface area contributed by atoms with Crippen LogP contribution in [0.3, 0.4) is 0 Å². The number of carbonyl (C=O) groups is 1. The van der Waals surface area contributed by atoms with Gasteiger partial charge in [0.15, 0.2) is 5.16 Å². The Bertz CT molecular complexity index is 640. The Labute approximate surface area is 114 Å². The summed E-state index contributed by atoms with van der Waals surface area (Å²) in [5.41, 5.74) is 1.82. The van der Waals surface area contributed by atoms with E-state index in [1.54, 1.807) is 0 Å². The molecule has 2 rings (SSSR count). The molecule has 1 N–H and O–H groups in total. The van der Waals surface area contributed by atoms with Gasteiger partial charge < -0.3 is 0 Å². The molecule has 0 atom stereocenters. The molecule has 98 valence electrons. The Morgan fingerprint density at radius 3 is 3.00 bits per heavy atom. The van der Waals surface area contributed by atoms with Gasteiger partial charge in [0.2, 0.25) is 0 Å². The van der Waals surface area contributed by atoms with E-state index in [0.717, 1.165) is 17.3 Å². The predicted octanol–water partition coefficient (Wildman–Crippen LogP) is 1.38. The Balaban J connectivity index is 1.90. The fraction of sp³-hybridized carbons (Fsp3) is 0.231. The summed E-state index contributed by atoms with van der Waals surface area (Å²) in [7, 11) is 0. The minimum atomic E-state index is -0.316. The van der Waals surface area contributed by atoms with E-state index >= 15 is 0 Å².